The van der Waals surface area contributed by atoms with Gasteiger partial charge in [0.15, 0.2) is 0 Å². The molecule has 0 bridgehead atoms. The van der Waals surface area contributed by atoms with Crippen molar-refractivity contribution in [3.05, 3.63) is 35.9 Å². The van der Waals surface area contributed by atoms with Crippen LogP contribution < -0.4 is 0 Å². The second kappa shape index (κ2) is 8.01. The molecule has 27 heavy (non-hydrogen) atoms. The molecule has 0 saturated carbocycles. The summed E-state index contributed by atoms with van der Waals surface area (Å²) in [6, 6.07) is 9.02. The molecule has 1 saturated heterocycles. The van der Waals surface area contributed by atoms with Gasteiger partial charge in [0.2, 0.25) is 6.10 Å². The number of carbonyl (C=O) groups is 2. The first-order chi connectivity index (χ1) is 12.4. The van der Waals surface area contributed by atoms with E-state index in [4.69, 9.17) is 9.57 Å². The number of benzene rings is 1. The highest BCUT2D eigenvalue weighted by Gasteiger charge is 2.45. The number of ether oxygens (including phenoxy) is 1. The van der Waals surface area contributed by atoms with Crippen LogP contribution in [0.1, 0.15) is 73.0 Å². The van der Waals surface area contributed by atoms with Crippen molar-refractivity contribution in [3.8, 4) is 0 Å². The molecule has 0 unspecified atom stereocenters. The van der Waals surface area contributed by atoms with Gasteiger partial charge in [0.05, 0.1) is 12.1 Å². The maximum absolute atomic E-state index is 13.5. The van der Waals surface area contributed by atoms with E-state index in [1.165, 1.54) is 12.0 Å². The summed E-state index contributed by atoms with van der Waals surface area (Å²) in [6.45, 7) is 13.9. The number of carbonyl (C=O) groups excluding carboxylic acids is 2. The number of hydrogen-bond donors (Lipinski definition) is 0. The zero-order chi connectivity index (χ0) is 20.4. The SMILES string of the molecule is CC(=O)O[C@@H](C(=O)N1O[C@H](C(C)(C)C)CC[C@@H]1C(C)(C)C)c1ccccc1. The fourth-order valence-corrected chi connectivity index (χ4v) is 3.44. The van der Waals surface area contributed by atoms with Crippen molar-refractivity contribution in [3.63, 3.8) is 0 Å². The number of hydroxylamine groups is 2. The third-order valence-electron chi connectivity index (χ3n) is 5.02. The first kappa shape index (κ1) is 21.4. The molecule has 1 aromatic rings. The summed E-state index contributed by atoms with van der Waals surface area (Å²) < 4.78 is 5.42. The van der Waals surface area contributed by atoms with Crippen LogP contribution in [0.5, 0.6) is 0 Å². The fourth-order valence-electron chi connectivity index (χ4n) is 3.44. The van der Waals surface area contributed by atoms with Crippen LogP contribution in [0, 0.1) is 10.8 Å². The molecule has 0 radical (unpaired) electrons. The summed E-state index contributed by atoms with van der Waals surface area (Å²) in [7, 11) is 0. The van der Waals surface area contributed by atoms with E-state index >= 15 is 0 Å². The average Bonchev–Trinajstić information content (AvgIpc) is 2.57. The largest absolute Gasteiger partial charge is 0.447 e. The lowest BCUT2D eigenvalue weighted by molar-refractivity contribution is -0.277. The smallest absolute Gasteiger partial charge is 0.303 e. The zero-order valence-corrected chi connectivity index (χ0v) is 17.6. The van der Waals surface area contributed by atoms with E-state index < -0.39 is 12.1 Å². The Kier molecular flexibility index (Phi) is 6.35. The zero-order valence-electron chi connectivity index (χ0n) is 17.6. The normalized spacial score (nSPS) is 22.3. The fraction of sp³-hybridized carbons (Fsp3) is 0.636. The van der Waals surface area contributed by atoms with Crippen LogP contribution in [0.2, 0.25) is 0 Å². The van der Waals surface area contributed by atoms with Crippen LogP contribution in [-0.2, 0) is 19.2 Å². The molecule has 3 atom stereocenters. The standard InChI is InChI=1S/C22H33NO4/c1-15(24)26-19(16-11-9-8-10-12-16)20(25)23-17(21(2,3)4)13-14-18(27-23)22(5,6)7/h8-12,17-19H,13-14H2,1-7H3/t17-,18+,19-/m1/s1. The first-order valence-electron chi connectivity index (χ1n) is 9.63. The molecule has 2 rings (SSSR count). The monoisotopic (exact) mass is 375 g/mol. The average molecular weight is 376 g/mol. The minimum Gasteiger partial charge on any atom is -0.447 e. The first-order valence-corrected chi connectivity index (χ1v) is 9.63. The maximum Gasteiger partial charge on any atom is 0.303 e. The lowest BCUT2D eigenvalue weighted by Gasteiger charge is -2.48. The van der Waals surface area contributed by atoms with E-state index in [0.717, 1.165) is 12.8 Å². The second-order valence-electron chi connectivity index (χ2n) is 9.48. The third-order valence-corrected chi connectivity index (χ3v) is 5.02. The summed E-state index contributed by atoms with van der Waals surface area (Å²) in [6.07, 6.45) is 0.651. The molecule has 1 aromatic carbocycles. The van der Waals surface area contributed by atoms with Crippen molar-refractivity contribution in [2.24, 2.45) is 10.8 Å². The van der Waals surface area contributed by atoms with E-state index in [-0.39, 0.29) is 28.9 Å². The molecule has 5 nitrogen and oxygen atoms in total. The van der Waals surface area contributed by atoms with E-state index in [2.05, 4.69) is 41.5 Å². The van der Waals surface area contributed by atoms with Gasteiger partial charge >= 0.3 is 5.97 Å². The maximum atomic E-state index is 13.5. The quantitative estimate of drug-likeness (QED) is 0.720. The molecule has 0 aliphatic carbocycles. The lowest BCUT2D eigenvalue weighted by Crippen LogP contribution is -2.56. The Balaban J connectivity index is 2.39. The molecule has 1 aliphatic rings. The summed E-state index contributed by atoms with van der Waals surface area (Å²) in [4.78, 5) is 31.4. The lowest BCUT2D eigenvalue weighted by atomic mass is 9.78. The molecule has 1 aliphatic heterocycles. The highest BCUT2D eigenvalue weighted by molar-refractivity contribution is 5.84. The highest BCUT2D eigenvalue weighted by atomic mass is 16.7. The highest BCUT2D eigenvalue weighted by Crippen LogP contribution is 2.39. The molecular formula is C22H33NO4. The Morgan fingerprint density at radius 3 is 2.11 bits per heavy atom. The van der Waals surface area contributed by atoms with Gasteiger partial charge in [-0.1, -0.05) is 71.9 Å². The van der Waals surface area contributed by atoms with Crippen LogP contribution in [0.15, 0.2) is 30.3 Å². The van der Waals surface area contributed by atoms with Crippen LogP contribution in [0.4, 0.5) is 0 Å². The van der Waals surface area contributed by atoms with Crippen LogP contribution in [0.3, 0.4) is 0 Å². The summed E-state index contributed by atoms with van der Waals surface area (Å²) in [5, 5.41) is 1.49. The van der Waals surface area contributed by atoms with Crippen molar-refractivity contribution in [1.29, 1.82) is 0 Å². The molecule has 0 aromatic heterocycles. The molecule has 0 N–H and O–H groups in total. The van der Waals surface area contributed by atoms with Crippen molar-refractivity contribution in [1.82, 2.24) is 5.06 Å². The van der Waals surface area contributed by atoms with Gasteiger partial charge in [-0.3, -0.25) is 14.4 Å². The minimum atomic E-state index is -1.01. The number of nitrogens with zero attached hydrogens (tertiary/aromatic N) is 1. The van der Waals surface area contributed by atoms with Crippen molar-refractivity contribution < 1.29 is 19.2 Å². The van der Waals surface area contributed by atoms with Gasteiger partial charge in [-0.15, -0.1) is 0 Å². The number of rotatable bonds is 3. The van der Waals surface area contributed by atoms with E-state index in [1.54, 1.807) is 12.1 Å². The Labute approximate surface area is 163 Å². The van der Waals surface area contributed by atoms with Gasteiger partial charge < -0.3 is 4.74 Å². The van der Waals surface area contributed by atoms with Crippen LogP contribution in [-0.4, -0.2) is 29.1 Å². The molecule has 150 valence electrons. The molecular weight excluding hydrogens is 342 g/mol. The van der Waals surface area contributed by atoms with Gasteiger partial charge in [-0.05, 0) is 23.7 Å². The predicted molar refractivity (Wildman–Crippen MR) is 105 cm³/mol. The summed E-state index contributed by atoms with van der Waals surface area (Å²) in [5.41, 5.74) is 0.396. The Morgan fingerprint density at radius 1 is 1.04 bits per heavy atom. The van der Waals surface area contributed by atoms with Crippen molar-refractivity contribution in [2.75, 3.05) is 0 Å². The van der Waals surface area contributed by atoms with Crippen LogP contribution in [0.25, 0.3) is 0 Å². The van der Waals surface area contributed by atoms with E-state index in [0.29, 0.717) is 5.56 Å². The molecule has 1 fully saturated rings. The van der Waals surface area contributed by atoms with Gasteiger partial charge in [-0.25, -0.2) is 5.06 Å². The number of hydrogen-bond acceptors (Lipinski definition) is 4. The van der Waals surface area contributed by atoms with Crippen molar-refractivity contribution >= 4 is 11.9 Å². The Morgan fingerprint density at radius 2 is 1.63 bits per heavy atom. The Hall–Kier alpha value is -1.88. The third kappa shape index (κ3) is 5.32. The van der Waals surface area contributed by atoms with Gasteiger partial charge in [0, 0.05) is 12.5 Å². The molecule has 1 heterocycles. The van der Waals surface area contributed by atoms with Gasteiger partial charge in [0.1, 0.15) is 0 Å². The molecule has 5 heteroatoms. The number of amides is 1. The minimum absolute atomic E-state index is 0.0752. The summed E-state index contributed by atoms with van der Waals surface area (Å²) >= 11 is 0. The van der Waals surface area contributed by atoms with E-state index in [1.807, 2.05) is 18.2 Å². The van der Waals surface area contributed by atoms with Crippen LogP contribution >= 0.6 is 0 Å². The van der Waals surface area contributed by atoms with Gasteiger partial charge in [-0.2, -0.15) is 0 Å². The summed E-state index contributed by atoms with van der Waals surface area (Å²) in [5.74, 6) is -0.820. The van der Waals surface area contributed by atoms with E-state index in [9.17, 15) is 9.59 Å². The second-order valence-corrected chi connectivity index (χ2v) is 9.48. The van der Waals surface area contributed by atoms with Crippen molar-refractivity contribution in [2.45, 2.75) is 79.6 Å². The predicted octanol–water partition coefficient (Wildman–Crippen LogP) is 4.67. The Bertz CT molecular complexity index is 657. The topological polar surface area (TPSA) is 55.8 Å². The van der Waals surface area contributed by atoms with Gasteiger partial charge in [0.25, 0.3) is 5.91 Å². The molecule has 1 amide bonds. The number of esters is 1. The molecule has 0 spiro atoms.